The molecular formula is C17H18N4O4. The van der Waals surface area contributed by atoms with Gasteiger partial charge in [-0.05, 0) is 18.2 Å². The average molecular weight is 342 g/mol. The van der Waals surface area contributed by atoms with Gasteiger partial charge >= 0.3 is 5.69 Å². The lowest BCUT2D eigenvalue weighted by atomic mass is 10.2. The van der Waals surface area contributed by atoms with E-state index in [9.17, 15) is 9.59 Å². The van der Waals surface area contributed by atoms with E-state index in [1.807, 2.05) is 0 Å². The minimum absolute atomic E-state index is 0.306. The Morgan fingerprint density at radius 3 is 2.44 bits per heavy atom. The Bertz CT molecular complexity index is 1070. The van der Waals surface area contributed by atoms with Crippen LogP contribution in [0, 0.1) is 0 Å². The van der Waals surface area contributed by atoms with Gasteiger partial charge in [0.1, 0.15) is 16.9 Å². The van der Waals surface area contributed by atoms with Gasteiger partial charge in [0, 0.05) is 26.4 Å². The first kappa shape index (κ1) is 16.6. The predicted molar refractivity (Wildman–Crippen MR) is 95.1 cm³/mol. The summed E-state index contributed by atoms with van der Waals surface area (Å²) in [5.41, 5.74) is 0.606. The third-order valence-corrected chi connectivity index (χ3v) is 4.02. The van der Waals surface area contributed by atoms with Gasteiger partial charge < -0.3 is 14.8 Å². The average Bonchev–Trinajstić information content (AvgIpc) is 2.64. The second-order valence-corrected chi connectivity index (χ2v) is 5.45. The second kappa shape index (κ2) is 6.31. The first-order valence-electron chi connectivity index (χ1n) is 7.51. The van der Waals surface area contributed by atoms with E-state index in [0.29, 0.717) is 33.9 Å². The molecule has 0 atom stereocenters. The van der Waals surface area contributed by atoms with Crippen LogP contribution in [0.5, 0.6) is 11.5 Å². The fraction of sp³-hybridized carbons (Fsp3) is 0.235. The molecule has 0 aliphatic rings. The van der Waals surface area contributed by atoms with E-state index >= 15 is 0 Å². The summed E-state index contributed by atoms with van der Waals surface area (Å²) in [5, 5.41) is 3.50. The van der Waals surface area contributed by atoms with Gasteiger partial charge in [-0.2, -0.15) is 0 Å². The Labute approximate surface area is 143 Å². The molecule has 2 heterocycles. The Balaban J connectivity index is 2.25. The zero-order chi connectivity index (χ0) is 18.1. The van der Waals surface area contributed by atoms with Crippen LogP contribution in [0.2, 0.25) is 0 Å². The summed E-state index contributed by atoms with van der Waals surface area (Å²) in [6.07, 6.45) is 1.54. The number of hydrogen-bond donors (Lipinski definition) is 1. The van der Waals surface area contributed by atoms with Crippen LogP contribution < -0.4 is 26.0 Å². The van der Waals surface area contributed by atoms with Crippen molar-refractivity contribution in [1.29, 1.82) is 0 Å². The van der Waals surface area contributed by atoms with Crippen LogP contribution >= 0.6 is 0 Å². The maximum absolute atomic E-state index is 12.6. The molecule has 8 nitrogen and oxygen atoms in total. The molecule has 1 N–H and O–H groups in total. The minimum Gasteiger partial charge on any atom is -0.497 e. The van der Waals surface area contributed by atoms with E-state index in [4.69, 9.17) is 9.47 Å². The van der Waals surface area contributed by atoms with Crippen molar-refractivity contribution in [3.8, 4) is 11.5 Å². The monoisotopic (exact) mass is 342 g/mol. The van der Waals surface area contributed by atoms with Crippen molar-refractivity contribution in [2.24, 2.45) is 14.1 Å². The molecule has 0 amide bonds. The number of ether oxygens (including phenoxy) is 2. The first-order valence-corrected chi connectivity index (χ1v) is 7.51. The van der Waals surface area contributed by atoms with Crippen molar-refractivity contribution in [3.05, 3.63) is 51.3 Å². The summed E-state index contributed by atoms with van der Waals surface area (Å²) in [7, 11) is 6.14. The maximum atomic E-state index is 12.6. The first-order chi connectivity index (χ1) is 12.0. The quantitative estimate of drug-likeness (QED) is 0.771. The Morgan fingerprint density at radius 2 is 1.76 bits per heavy atom. The Hall–Kier alpha value is -3.29. The van der Waals surface area contributed by atoms with Crippen LogP contribution in [0.1, 0.15) is 0 Å². The largest absolute Gasteiger partial charge is 0.497 e. The highest BCUT2D eigenvalue weighted by Gasteiger charge is 2.15. The fourth-order valence-electron chi connectivity index (χ4n) is 2.65. The van der Waals surface area contributed by atoms with Crippen LogP contribution in [0.4, 0.5) is 11.4 Å². The molecule has 0 spiro atoms. The summed E-state index contributed by atoms with van der Waals surface area (Å²) in [4.78, 5) is 28.9. The lowest BCUT2D eigenvalue weighted by Crippen LogP contribution is -2.37. The predicted octanol–water partition coefficient (Wildman–Crippen LogP) is 1.39. The number of rotatable bonds is 4. The smallest absolute Gasteiger partial charge is 0.332 e. The van der Waals surface area contributed by atoms with Gasteiger partial charge in [-0.25, -0.2) is 9.78 Å². The molecule has 0 radical (unpaired) electrons. The van der Waals surface area contributed by atoms with Gasteiger partial charge in [-0.3, -0.25) is 13.9 Å². The molecule has 0 saturated carbocycles. The second-order valence-electron chi connectivity index (χ2n) is 5.45. The normalized spacial score (nSPS) is 10.7. The van der Waals surface area contributed by atoms with Gasteiger partial charge in [0.25, 0.3) is 5.56 Å². The zero-order valence-electron chi connectivity index (χ0n) is 14.4. The van der Waals surface area contributed by atoms with Gasteiger partial charge in [0.05, 0.1) is 25.6 Å². The third kappa shape index (κ3) is 2.71. The van der Waals surface area contributed by atoms with Crippen molar-refractivity contribution in [2.75, 3.05) is 19.5 Å². The lowest BCUT2D eigenvalue weighted by Gasteiger charge is -2.15. The molecule has 25 heavy (non-hydrogen) atoms. The topological polar surface area (TPSA) is 87.4 Å². The van der Waals surface area contributed by atoms with Gasteiger partial charge in [0.15, 0.2) is 5.65 Å². The molecule has 0 saturated heterocycles. The summed E-state index contributed by atoms with van der Waals surface area (Å²) in [6, 6.07) is 6.97. The van der Waals surface area contributed by atoms with Crippen molar-refractivity contribution in [3.63, 3.8) is 0 Å². The number of pyridine rings is 1. The number of aromatic nitrogens is 3. The van der Waals surface area contributed by atoms with Crippen molar-refractivity contribution in [1.82, 2.24) is 14.1 Å². The highest BCUT2D eigenvalue weighted by molar-refractivity contribution is 5.91. The Kier molecular flexibility index (Phi) is 4.18. The van der Waals surface area contributed by atoms with Gasteiger partial charge in [-0.15, -0.1) is 0 Å². The van der Waals surface area contributed by atoms with E-state index < -0.39 is 11.2 Å². The van der Waals surface area contributed by atoms with Crippen molar-refractivity contribution in [2.45, 2.75) is 0 Å². The maximum Gasteiger partial charge on any atom is 0.332 e. The molecular weight excluding hydrogens is 324 g/mol. The van der Waals surface area contributed by atoms with Crippen LogP contribution in [0.3, 0.4) is 0 Å². The minimum atomic E-state index is -0.430. The summed E-state index contributed by atoms with van der Waals surface area (Å²) in [5.74, 6) is 1.23. The summed E-state index contributed by atoms with van der Waals surface area (Å²) < 4.78 is 13.0. The molecule has 3 aromatic rings. The highest BCUT2D eigenvalue weighted by atomic mass is 16.5. The van der Waals surface area contributed by atoms with Crippen molar-refractivity contribution < 1.29 is 9.47 Å². The fourth-order valence-corrected chi connectivity index (χ4v) is 2.65. The molecule has 3 rings (SSSR count). The Morgan fingerprint density at radius 1 is 1.00 bits per heavy atom. The van der Waals surface area contributed by atoms with Gasteiger partial charge in [-0.1, -0.05) is 0 Å². The zero-order valence-corrected chi connectivity index (χ0v) is 14.4. The van der Waals surface area contributed by atoms with Crippen molar-refractivity contribution >= 4 is 22.4 Å². The highest BCUT2D eigenvalue weighted by Crippen LogP contribution is 2.32. The molecule has 0 unspecified atom stereocenters. The molecule has 0 bridgehead atoms. The summed E-state index contributed by atoms with van der Waals surface area (Å²) >= 11 is 0. The number of hydrogen-bond acceptors (Lipinski definition) is 6. The number of nitrogens with zero attached hydrogens (tertiary/aromatic N) is 3. The van der Waals surface area contributed by atoms with E-state index in [0.717, 1.165) is 4.57 Å². The third-order valence-electron chi connectivity index (χ3n) is 4.02. The van der Waals surface area contributed by atoms with E-state index in [2.05, 4.69) is 10.3 Å². The number of methoxy groups -OCH3 is 2. The summed E-state index contributed by atoms with van der Waals surface area (Å²) in [6.45, 7) is 0. The molecule has 8 heteroatoms. The van der Waals surface area contributed by atoms with E-state index in [1.165, 1.54) is 17.8 Å². The molecule has 0 aliphatic heterocycles. The molecule has 2 aromatic heterocycles. The molecule has 130 valence electrons. The lowest BCUT2D eigenvalue weighted by molar-refractivity contribution is 0.405. The van der Waals surface area contributed by atoms with Crippen LogP contribution in [-0.2, 0) is 14.1 Å². The number of nitrogens with one attached hydrogen (secondary N) is 1. The van der Waals surface area contributed by atoms with Crippen LogP contribution in [0.15, 0.2) is 40.1 Å². The number of fused-ring (bicyclic) bond motifs is 1. The molecule has 0 aliphatic carbocycles. The SMILES string of the molecule is COc1ccc(OC)c(Nc2ccnc3c2c(=O)n(C)c(=O)n3C)c1. The van der Waals surface area contributed by atoms with Crippen LogP contribution in [0.25, 0.3) is 11.0 Å². The standard InChI is InChI=1S/C17H18N4O4/c1-20-15-14(16(22)21(2)17(20)23)11(7-8-18-15)19-12-9-10(24-3)5-6-13(12)25-4/h5-9H,1-4H3,(H,18,19). The number of aryl methyl sites for hydroxylation is 1. The molecule has 0 fully saturated rings. The number of benzene rings is 1. The van der Waals surface area contributed by atoms with E-state index in [-0.39, 0.29) is 0 Å². The van der Waals surface area contributed by atoms with E-state index in [1.54, 1.807) is 45.5 Å². The number of anilines is 2. The van der Waals surface area contributed by atoms with Crippen LogP contribution in [-0.4, -0.2) is 28.3 Å². The van der Waals surface area contributed by atoms with Gasteiger partial charge in [0.2, 0.25) is 0 Å². The molecule has 1 aromatic carbocycles.